The predicted molar refractivity (Wildman–Crippen MR) is 122 cm³/mol. The lowest BCUT2D eigenvalue weighted by Crippen LogP contribution is -2.15. The molecule has 1 aliphatic rings. The molecule has 1 aliphatic heterocycles. The van der Waals surface area contributed by atoms with E-state index in [0.717, 1.165) is 47.4 Å². The van der Waals surface area contributed by atoms with Gasteiger partial charge in [0.2, 0.25) is 5.78 Å². The molecule has 2 aromatic carbocycles. The number of hydrogen-bond donors (Lipinski definition) is 1. The third kappa shape index (κ3) is 3.89. The number of benzene rings is 2. The van der Waals surface area contributed by atoms with E-state index in [-0.39, 0.29) is 33.6 Å². The summed E-state index contributed by atoms with van der Waals surface area (Å²) in [5, 5.41) is 10.9. The van der Waals surface area contributed by atoms with Gasteiger partial charge < -0.3 is 24.0 Å². The minimum atomic E-state index is -0.296. The van der Waals surface area contributed by atoms with E-state index in [1.807, 2.05) is 25.1 Å². The number of aromatic hydroxyl groups is 1. The Morgan fingerprint density at radius 1 is 1.26 bits per heavy atom. The van der Waals surface area contributed by atoms with E-state index in [1.165, 1.54) is 12.1 Å². The highest BCUT2D eigenvalue weighted by Crippen LogP contribution is 2.40. The zero-order chi connectivity index (χ0) is 22.3. The van der Waals surface area contributed by atoms with E-state index >= 15 is 0 Å². The fourth-order valence-electron chi connectivity index (χ4n) is 4.01. The number of ketones is 1. The SMILES string of the molecule is COc1ccc2c(c1)c(/C=C1\Oc3cc(O)cc(Cl)c3C1=O)c(C)n2CCCN(C)C. The van der Waals surface area contributed by atoms with Crippen molar-refractivity contribution in [3.05, 3.63) is 57.9 Å². The molecule has 7 heteroatoms. The number of Topliss-reactive ketones (excluding diaryl/α,β-unsaturated/α-hetero) is 1. The summed E-state index contributed by atoms with van der Waals surface area (Å²) in [5.74, 6) is 0.853. The number of carbonyl (C=O) groups is 1. The van der Waals surface area contributed by atoms with Crippen molar-refractivity contribution < 1.29 is 19.4 Å². The standard InChI is InChI=1S/C24H25ClN2O4/c1-14-17(13-22-24(29)23-19(25)10-15(28)11-21(23)31-22)18-12-16(30-4)6-7-20(18)27(14)9-5-8-26(2)3/h6-7,10-13,28H,5,8-9H2,1-4H3/b22-13-. The van der Waals surface area contributed by atoms with Gasteiger partial charge in [0.05, 0.1) is 17.7 Å². The van der Waals surface area contributed by atoms with Crippen LogP contribution in [0.15, 0.2) is 36.1 Å². The predicted octanol–water partition coefficient (Wildman–Crippen LogP) is 4.89. The number of halogens is 1. The number of phenols is 1. The van der Waals surface area contributed by atoms with E-state index in [9.17, 15) is 9.90 Å². The normalized spacial score (nSPS) is 14.5. The van der Waals surface area contributed by atoms with Crippen molar-refractivity contribution in [2.24, 2.45) is 0 Å². The fourth-order valence-corrected chi connectivity index (χ4v) is 4.30. The first-order chi connectivity index (χ1) is 14.8. The smallest absolute Gasteiger partial charge is 0.233 e. The van der Waals surface area contributed by atoms with Gasteiger partial charge in [0.1, 0.15) is 17.2 Å². The highest BCUT2D eigenvalue weighted by atomic mass is 35.5. The van der Waals surface area contributed by atoms with Gasteiger partial charge in [0, 0.05) is 34.8 Å². The minimum absolute atomic E-state index is 0.0452. The van der Waals surface area contributed by atoms with Crippen LogP contribution >= 0.6 is 11.6 Å². The van der Waals surface area contributed by atoms with Gasteiger partial charge in [-0.1, -0.05) is 11.6 Å². The first-order valence-corrected chi connectivity index (χ1v) is 10.5. The average molecular weight is 441 g/mol. The molecule has 0 aliphatic carbocycles. The molecule has 1 N–H and O–H groups in total. The number of allylic oxidation sites excluding steroid dienone is 1. The van der Waals surface area contributed by atoms with Crippen LogP contribution in [0.4, 0.5) is 0 Å². The fraction of sp³-hybridized carbons (Fsp3) is 0.292. The summed E-state index contributed by atoms with van der Waals surface area (Å²) in [6.45, 7) is 3.87. The molecule has 0 radical (unpaired) electrons. The lowest BCUT2D eigenvalue weighted by Gasteiger charge is -2.12. The Kier molecular flexibility index (Phi) is 5.69. The molecule has 162 valence electrons. The number of nitrogens with zero attached hydrogens (tertiary/aromatic N) is 2. The number of hydrogen-bond acceptors (Lipinski definition) is 5. The average Bonchev–Trinajstić information content (AvgIpc) is 3.16. The van der Waals surface area contributed by atoms with Crippen LogP contribution in [0.25, 0.3) is 17.0 Å². The number of methoxy groups -OCH3 is 1. The first-order valence-electron chi connectivity index (χ1n) is 10.1. The second-order valence-electron chi connectivity index (χ2n) is 7.93. The lowest BCUT2D eigenvalue weighted by atomic mass is 10.1. The Hall–Kier alpha value is -2.96. The summed E-state index contributed by atoms with van der Waals surface area (Å²) < 4.78 is 13.5. The molecule has 0 unspecified atom stereocenters. The van der Waals surface area contributed by atoms with Crippen LogP contribution in [0.3, 0.4) is 0 Å². The molecule has 0 bridgehead atoms. The van der Waals surface area contributed by atoms with Gasteiger partial charge in [-0.25, -0.2) is 0 Å². The maximum atomic E-state index is 13.0. The van der Waals surface area contributed by atoms with E-state index < -0.39 is 0 Å². The molecule has 2 heterocycles. The highest BCUT2D eigenvalue weighted by molar-refractivity contribution is 6.36. The van der Waals surface area contributed by atoms with Crippen molar-refractivity contribution in [2.75, 3.05) is 27.7 Å². The van der Waals surface area contributed by atoms with Crippen LogP contribution in [-0.2, 0) is 6.54 Å². The summed E-state index contributed by atoms with van der Waals surface area (Å²) in [6, 6.07) is 8.71. The van der Waals surface area contributed by atoms with Gasteiger partial charge in [-0.2, -0.15) is 0 Å². The summed E-state index contributed by atoms with van der Waals surface area (Å²) in [6.07, 6.45) is 2.75. The molecule has 0 amide bonds. The van der Waals surface area contributed by atoms with Gasteiger partial charge in [0.25, 0.3) is 0 Å². The van der Waals surface area contributed by atoms with Gasteiger partial charge in [0.15, 0.2) is 5.76 Å². The Morgan fingerprint density at radius 2 is 2.03 bits per heavy atom. The van der Waals surface area contributed by atoms with Crippen molar-refractivity contribution in [2.45, 2.75) is 19.9 Å². The number of rotatable bonds is 6. The Balaban J connectivity index is 1.81. The number of fused-ring (bicyclic) bond motifs is 2. The molecule has 0 saturated heterocycles. The zero-order valence-corrected chi connectivity index (χ0v) is 18.8. The third-order valence-corrected chi connectivity index (χ3v) is 5.85. The highest BCUT2D eigenvalue weighted by Gasteiger charge is 2.31. The first kappa shape index (κ1) is 21.3. The maximum Gasteiger partial charge on any atom is 0.233 e. The summed E-state index contributed by atoms with van der Waals surface area (Å²) in [7, 11) is 5.75. The lowest BCUT2D eigenvalue weighted by molar-refractivity contribution is 0.101. The van der Waals surface area contributed by atoms with Crippen LogP contribution in [-0.4, -0.2) is 48.1 Å². The minimum Gasteiger partial charge on any atom is -0.508 e. The van der Waals surface area contributed by atoms with E-state index in [0.29, 0.717) is 0 Å². The van der Waals surface area contributed by atoms with Gasteiger partial charge in [-0.15, -0.1) is 0 Å². The number of ether oxygens (including phenoxy) is 2. The molecule has 6 nitrogen and oxygen atoms in total. The summed E-state index contributed by atoms with van der Waals surface area (Å²) in [5.41, 5.74) is 3.28. The van der Waals surface area contributed by atoms with Crippen LogP contribution in [0, 0.1) is 6.92 Å². The monoisotopic (exact) mass is 440 g/mol. The van der Waals surface area contributed by atoms with Crippen molar-refractivity contribution in [3.63, 3.8) is 0 Å². The second kappa shape index (κ2) is 8.29. The van der Waals surface area contributed by atoms with Gasteiger partial charge >= 0.3 is 0 Å². The molecule has 0 spiro atoms. The van der Waals surface area contributed by atoms with Crippen molar-refractivity contribution in [3.8, 4) is 17.2 Å². The number of aryl methyl sites for hydroxylation is 1. The topological polar surface area (TPSA) is 63.9 Å². The Labute approximate surface area is 186 Å². The zero-order valence-electron chi connectivity index (χ0n) is 18.0. The van der Waals surface area contributed by atoms with E-state index in [2.05, 4.69) is 23.6 Å². The van der Waals surface area contributed by atoms with E-state index in [1.54, 1.807) is 13.2 Å². The van der Waals surface area contributed by atoms with Crippen molar-refractivity contribution in [1.29, 1.82) is 0 Å². The van der Waals surface area contributed by atoms with Crippen LogP contribution < -0.4 is 9.47 Å². The summed E-state index contributed by atoms with van der Waals surface area (Å²) >= 11 is 6.18. The molecule has 0 fully saturated rings. The van der Waals surface area contributed by atoms with Crippen LogP contribution in [0.1, 0.15) is 28.0 Å². The molecule has 4 rings (SSSR count). The Bertz CT molecular complexity index is 1210. The Morgan fingerprint density at radius 3 is 2.74 bits per heavy atom. The van der Waals surface area contributed by atoms with Crippen molar-refractivity contribution >= 4 is 34.4 Å². The number of aromatic nitrogens is 1. The number of carbonyl (C=O) groups excluding carboxylic acids is 1. The van der Waals surface area contributed by atoms with E-state index in [4.69, 9.17) is 21.1 Å². The molecule has 3 aromatic rings. The number of phenolic OH excluding ortho intramolecular Hbond substituents is 1. The van der Waals surface area contributed by atoms with Crippen LogP contribution in [0.5, 0.6) is 17.2 Å². The molecule has 1 aromatic heterocycles. The maximum absolute atomic E-state index is 13.0. The van der Waals surface area contributed by atoms with Gasteiger partial charge in [-0.05, 0) is 64.3 Å². The molecule has 0 saturated carbocycles. The largest absolute Gasteiger partial charge is 0.508 e. The summed E-state index contributed by atoms with van der Waals surface area (Å²) in [4.78, 5) is 15.1. The van der Waals surface area contributed by atoms with Crippen LogP contribution in [0.2, 0.25) is 5.02 Å². The molecule has 31 heavy (non-hydrogen) atoms. The van der Waals surface area contributed by atoms with Gasteiger partial charge in [-0.3, -0.25) is 4.79 Å². The third-order valence-electron chi connectivity index (χ3n) is 5.55. The second-order valence-corrected chi connectivity index (χ2v) is 8.34. The van der Waals surface area contributed by atoms with Crippen molar-refractivity contribution in [1.82, 2.24) is 9.47 Å². The molecular weight excluding hydrogens is 416 g/mol. The quantitative estimate of drug-likeness (QED) is 0.553. The molecule has 0 atom stereocenters. The molecular formula is C24H25ClN2O4.